The number of nitrogens with one attached hydrogen (secondary N) is 1. The first-order valence-electron chi connectivity index (χ1n) is 9.88. The van der Waals surface area contributed by atoms with E-state index in [0.717, 1.165) is 74.7 Å². The summed E-state index contributed by atoms with van der Waals surface area (Å²) in [4.78, 5) is 17.4. The normalized spacial score (nSPS) is 23.5. The van der Waals surface area contributed by atoms with Crippen LogP contribution in [0.1, 0.15) is 63.3 Å². The van der Waals surface area contributed by atoms with Crippen LogP contribution >= 0.6 is 23.7 Å². The predicted octanol–water partition coefficient (Wildman–Crippen LogP) is 3.60. The Balaban J connectivity index is 0.00000192. The summed E-state index contributed by atoms with van der Waals surface area (Å²) in [6.07, 6.45) is 4.80. The molecule has 0 saturated carbocycles. The summed E-state index contributed by atoms with van der Waals surface area (Å²) in [6, 6.07) is 4.07. The molecule has 1 amide bonds. The van der Waals surface area contributed by atoms with Gasteiger partial charge in [0.25, 0.3) is 5.91 Å². The molecule has 0 bridgehead atoms. The van der Waals surface area contributed by atoms with Gasteiger partial charge in [0.05, 0.1) is 23.2 Å². The van der Waals surface area contributed by atoms with Crippen LogP contribution < -0.4 is 5.32 Å². The molecular formula is C20H26ClN3O3S. The van der Waals surface area contributed by atoms with Gasteiger partial charge in [0, 0.05) is 17.5 Å². The van der Waals surface area contributed by atoms with Crippen LogP contribution in [-0.4, -0.2) is 42.2 Å². The molecule has 0 aromatic carbocycles. The molecule has 5 heterocycles. The molecule has 0 radical (unpaired) electrons. The second kappa shape index (κ2) is 7.78. The van der Waals surface area contributed by atoms with E-state index in [4.69, 9.17) is 9.26 Å². The summed E-state index contributed by atoms with van der Waals surface area (Å²) in [5.41, 5.74) is 1.98. The minimum absolute atomic E-state index is 0. The maximum atomic E-state index is 13.3. The lowest BCUT2D eigenvalue weighted by Crippen LogP contribution is -2.43. The highest BCUT2D eigenvalue weighted by Crippen LogP contribution is 2.45. The van der Waals surface area contributed by atoms with Crippen LogP contribution in [0.3, 0.4) is 0 Å². The van der Waals surface area contributed by atoms with Crippen LogP contribution in [0.15, 0.2) is 16.7 Å². The fourth-order valence-electron chi connectivity index (χ4n) is 4.72. The topological polar surface area (TPSA) is 67.6 Å². The molecule has 1 N–H and O–H groups in total. The monoisotopic (exact) mass is 423 g/mol. The Labute approximate surface area is 175 Å². The number of fused-ring (bicyclic) bond motifs is 2. The van der Waals surface area contributed by atoms with E-state index < -0.39 is 0 Å². The number of nitrogens with zero attached hydrogens (tertiary/aromatic N) is 2. The standard InChI is InChI=1S/C20H25N3O3S.ClH/c1-13-11-16(26-22-13)15-3-2-9-23(15)19(24)17-12-14-4-10-25-20(18(14)27-17)5-7-21-8-6-20;/h11-12,15,21H,2-10H2,1H3;1H. The molecule has 8 heteroatoms. The van der Waals surface area contributed by atoms with Gasteiger partial charge in [-0.05, 0) is 63.7 Å². The van der Waals surface area contributed by atoms with E-state index in [1.165, 1.54) is 10.4 Å². The Morgan fingerprint density at radius 1 is 1.36 bits per heavy atom. The third-order valence-electron chi connectivity index (χ3n) is 6.08. The molecule has 6 nitrogen and oxygen atoms in total. The van der Waals surface area contributed by atoms with Crippen molar-refractivity contribution in [2.45, 2.75) is 50.7 Å². The van der Waals surface area contributed by atoms with E-state index >= 15 is 0 Å². The van der Waals surface area contributed by atoms with Gasteiger partial charge in [-0.15, -0.1) is 23.7 Å². The SMILES string of the molecule is Cc1cc(C2CCCN2C(=O)c2cc3c(s2)C2(CCNCC2)OCC3)on1.Cl. The highest BCUT2D eigenvalue weighted by atomic mass is 35.5. The number of halogens is 1. The number of carbonyl (C=O) groups is 1. The van der Waals surface area contributed by atoms with Crippen molar-refractivity contribution >= 4 is 29.7 Å². The third kappa shape index (κ3) is 3.28. The molecule has 2 fully saturated rings. The van der Waals surface area contributed by atoms with Gasteiger partial charge in [-0.3, -0.25) is 4.79 Å². The molecule has 152 valence electrons. The van der Waals surface area contributed by atoms with Crippen molar-refractivity contribution in [1.29, 1.82) is 0 Å². The summed E-state index contributed by atoms with van der Waals surface area (Å²) in [6.45, 7) is 5.39. The van der Waals surface area contributed by atoms with Gasteiger partial charge in [0.1, 0.15) is 5.60 Å². The minimum Gasteiger partial charge on any atom is -0.369 e. The number of hydrogen-bond acceptors (Lipinski definition) is 6. The van der Waals surface area contributed by atoms with E-state index in [-0.39, 0.29) is 30.0 Å². The summed E-state index contributed by atoms with van der Waals surface area (Å²) in [5, 5.41) is 7.43. The van der Waals surface area contributed by atoms with Crippen LogP contribution in [0, 0.1) is 6.92 Å². The molecule has 2 aromatic rings. The van der Waals surface area contributed by atoms with Crippen LogP contribution in [-0.2, 0) is 16.8 Å². The molecule has 3 aliphatic rings. The number of ether oxygens (including phenoxy) is 1. The molecule has 2 aromatic heterocycles. The highest BCUT2D eigenvalue weighted by Gasteiger charge is 2.42. The van der Waals surface area contributed by atoms with E-state index in [2.05, 4.69) is 16.5 Å². The lowest BCUT2D eigenvalue weighted by Gasteiger charge is -2.40. The molecule has 5 rings (SSSR count). The van der Waals surface area contributed by atoms with E-state index in [1.807, 2.05) is 17.9 Å². The van der Waals surface area contributed by atoms with Crippen molar-refractivity contribution in [1.82, 2.24) is 15.4 Å². The fourth-order valence-corrected chi connectivity index (χ4v) is 6.08. The van der Waals surface area contributed by atoms with Crippen LogP contribution in [0.5, 0.6) is 0 Å². The Bertz CT molecular complexity index is 859. The lowest BCUT2D eigenvalue weighted by atomic mass is 9.86. The van der Waals surface area contributed by atoms with Crippen LogP contribution in [0.2, 0.25) is 0 Å². The first kappa shape index (κ1) is 19.9. The Morgan fingerprint density at radius 3 is 2.93 bits per heavy atom. The zero-order chi connectivity index (χ0) is 18.4. The highest BCUT2D eigenvalue weighted by molar-refractivity contribution is 7.14. The molecule has 0 aliphatic carbocycles. The van der Waals surface area contributed by atoms with Crippen molar-refractivity contribution in [2.24, 2.45) is 0 Å². The zero-order valence-electron chi connectivity index (χ0n) is 16.0. The summed E-state index contributed by atoms with van der Waals surface area (Å²) in [7, 11) is 0. The van der Waals surface area contributed by atoms with Gasteiger partial charge in [-0.25, -0.2) is 0 Å². The van der Waals surface area contributed by atoms with Crippen molar-refractivity contribution in [3.63, 3.8) is 0 Å². The second-order valence-corrected chi connectivity index (χ2v) is 8.89. The Morgan fingerprint density at radius 2 is 2.18 bits per heavy atom. The number of rotatable bonds is 2. The Hall–Kier alpha value is -1.41. The number of amides is 1. The van der Waals surface area contributed by atoms with Gasteiger partial charge >= 0.3 is 0 Å². The van der Waals surface area contributed by atoms with Gasteiger partial charge in [-0.1, -0.05) is 5.16 Å². The molecule has 1 atom stereocenters. The zero-order valence-corrected chi connectivity index (χ0v) is 17.7. The minimum atomic E-state index is -0.186. The maximum Gasteiger partial charge on any atom is 0.264 e. The number of likely N-dealkylation sites (tertiary alicyclic amines) is 1. The number of aryl methyl sites for hydroxylation is 1. The van der Waals surface area contributed by atoms with Crippen molar-refractivity contribution in [3.05, 3.63) is 38.9 Å². The van der Waals surface area contributed by atoms with Gasteiger partial charge in [0.15, 0.2) is 5.76 Å². The quantitative estimate of drug-likeness (QED) is 0.799. The number of carbonyl (C=O) groups excluding carboxylic acids is 1. The average Bonchev–Trinajstić information content (AvgIpc) is 3.41. The number of hydrogen-bond donors (Lipinski definition) is 1. The van der Waals surface area contributed by atoms with Crippen LogP contribution in [0.4, 0.5) is 0 Å². The molecule has 3 aliphatic heterocycles. The van der Waals surface area contributed by atoms with Crippen molar-refractivity contribution in [3.8, 4) is 0 Å². The maximum absolute atomic E-state index is 13.3. The first-order valence-corrected chi connectivity index (χ1v) is 10.7. The van der Waals surface area contributed by atoms with Gasteiger partial charge in [0.2, 0.25) is 0 Å². The summed E-state index contributed by atoms with van der Waals surface area (Å²) < 4.78 is 11.7. The van der Waals surface area contributed by atoms with Gasteiger partial charge < -0.3 is 19.5 Å². The molecule has 1 unspecified atom stereocenters. The fraction of sp³-hybridized carbons (Fsp3) is 0.600. The molecule has 28 heavy (non-hydrogen) atoms. The van der Waals surface area contributed by atoms with Crippen LogP contribution in [0.25, 0.3) is 0 Å². The molecular weight excluding hydrogens is 398 g/mol. The number of thiophene rings is 1. The number of piperidine rings is 1. The largest absolute Gasteiger partial charge is 0.369 e. The third-order valence-corrected chi connectivity index (χ3v) is 7.43. The van der Waals surface area contributed by atoms with Gasteiger partial charge in [-0.2, -0.15) is 0 Å². The average molecular weight is 424 g/mol. The summed E-state index contributed by atoms with van der Waals surface area (Å²) >= 11 is 1.65. The van der Waals surface area contributed by atoms with E-state index in [0.29, 0.717) is 0 Å². The Kier molecular flexibility index (Phi) is 5.53. The predicted molar refractivity (Wildman–Crippen MR) is 109 cm³/mol. The van der Waals surface area contributed by atoms with E-state index in [1.54, 1.807) is 11.3 Å². The lowest BCUT2D eigenvalue weighted by molar-refractivity contribution is -0.0771. The molecule has 2 saturated heterocycles. The second-order valence-electron chi connectivity index (χ2n) is 7.84. The van der Waals surface area contributed by atoms with Crippen molar-refractivity contribution < 1.29 is 14.1 Å². The molecule has 1 spiro atoms. The smallest absolute Gasteiger partial charge is 0.264 e. The van der Waals surface area contributed by atoms with Crippen molar-refractivity contribution in [2.75, 3.05) is 26.2 Å². The number of aromatic nitrogens is 1. The first-order chi connectivity index (χ1) is 13.2. The summed E-state index contributed by atoms with van der Waals surface area (Å²) in [5.74, 6) is 0.924. The van der Waals surface area contributed by atoms with E-state index in [9.17, 15) is 4.79 Å².